The van der Waals surface area contributed by atoms with E-state index >= 15 is 0 Å². The highest BCUT2D eigenvalue weighted by Gasteiger charge is 2.50. The maximum atomic E-state index is 13.7. The standard InChI is InChI=1S/C28H38N6O4/c1-20-28(26(36)33-30-15-14-27(2,3)4,18-22-8-5-6-9-23(22)19-31-34-29)32-25(38-20)21-10-12-24(13-11-21)37-17-7-16-35/h5-6,8-13,20,30,35H,7,14-19H2,1-4H3,(H,33,36)/t20-,28-/m0/s1. The number of benzene rings is 2. The molecular formula is C28H38N6O4. The van der Waals surface area contributed by atoms with Gasteiger partial charge in [-0.25, -0.2) is 10.4 Å². The van der Waals surface area contributed by atoms with Crippen molar-refractivity contribution in [3.63, 3.8) is 0 Å². The van der Waals surface area contributed by atoms with Crippen LogP contribution in [0.2, 0.25) is 0 Å². The van der Waals surface area contributed by atoms with Gasteiger partial charge in [-0.1, -0.05) is 50.2 Å². The quantitative estimate of drug-likeness (QED) is 0.117. The summed E-state index contributed by atoms with van der Waals surface area (Å²) in [6.07, 6.45) is 1.14. The molecule has 1 aliphatic rings. The molecular weight excluding hydrogens is 484 g/mol. The number of aliphatic imine (C=N–C) groups is 1. The van der Waals surface area contributed by atoms with Crippen LogP contribution in [-0.4, -0.2) is 48.3 Å². The zero-order chi connectivity index (χ0) is 27.6. The first-order valence-corrected chi connectivity index (χ1v) is 12.9. The summed E-state index contributed by atoms with van der Waals surface area (Å²) >= 11 is 0. The highest BCUT2D eigenvalue weighted by Crippen LogP contribution is 2.34. The third kappa shape index (κ3) is 7.71. The second-order valence-electron chi connectivity index (χ2n) is 10.6. The summed E-state index contributed by atoms with van der Waals surface area (Å²) in [5, 5.41) is 12.7. The van der Waals surface area contributed by atoms with Gasteiger partial charge in [-0.15, -0.1) is 0 Å². The number of ether oxygens (including phenoxy) is 2. The molecule has 1 aliphatic heterocycles. The maximum absolute atomic E-state index is 13.7. The number of hydrazine groups is 1. The lowest BCUT2D eigenvalue weighted by atomic mass is 9.84. The number of hydrogen-bond acceptors (Lipinski definition) is 7. The third-order valence-corrected chi connectivity index (χ3v) is 6.41. The molecule has 38 heavy (non-hydrogen) atoms. The lowest BCUT2D eigenvalue weighted by Gasteiger charge is -2.29. The number of amides is 1. The van der Waals surface area contributed by atoms with E-state index in [0.29, 0.717) is 31.2 Å². The summed E-state index contributed by atoms with van der Waals surface area (Å²) in [5.74, 6) is 0.751. The zero-order valence-corrected chi connectivity index (χ0v) is 22.6. The summed E-state index contributed by atoms with van der Waals surface area (Å²) in [7, 11) is 0. The zero-order valence-electron chi connectivity index (χ0n) is 22.6. The van der Waals surface area contributed by atoms with Gasteiger partial charge in [0.05, 0.1) is 13.2 Å². The van der Waals surface area contributed by atoms with E-state index in [2.05, 4.69) is 41.6 Å². The van der Waals surface area contributed by atoms with Crippen LogP contribution in [0.15, 0.2) is 58.6 Å². The second-order valence-corrected chi connectivity index (χ2v) is 10.6. The summed E-state index contributed by atoms with van der Waals surface area (Å²) in [6, 6.07) is 14.9. The van der Waals surface area contributed by atoms with E-state index in [9.17, 15) is 4.79 Å². The Morgan fingerprint density at radius 3 is 2.58 bits per heavy atom. The minimum absolute atomic E-state index is 0.0712. The maximum Gasteiger partial charge on any atom is 0.266 e. The SMILES string of the molecule is C[C@@H]1OC(c2ccc(OCCCO)cc2)=N[C@]1(Cc1ccccc1CN=[N+]=[N-])C(=O)NNCCC(C)(C)C. The number of aliphatic hydroxyl groups is 1. The fourth-order valence-electron chi connectivity index (χ4n) is 4.11. The van der Waals surface area contributed by atoms with E-state index in [1.165, 1.54) is 0 Å². The van der Waals surface area contributed by atoms with Gasteiger partial charge in [-0.05, 0) is 59.7 Å². The topological polar surface area (TPSA) is 141 Å². The fourth-order valence-corrected chi connectivity index (χ4v) is 4.11. The minimum atomic E-state index is -1.24. The molecule has 0 aromatic heterocycles. The van der Waals surface area contributed by atoms with E-state index in [-0.39, 0.29) is 30.9 Å². The number of nitrogens with one attached hydrogen (secondary N) is 2. The van der Waals surface area contributed by atoms with Crippen LogP contribution < -0.4 is 15.6 Å². The fraction of sp³-hybridized carbons (Fsp3) is 0.500. The van der Waals surface area contributed by atoms with Crippen LogP contribution in [0.3, 0.4) is 0 Å². The van der Waals surface area contributed by atoms with Crippen molar-refractivity contribution in [3.8, 4) is 5.75 Å². The predicted octanol–water partition coefficient (Wildman–Crippen LogP) is 4.46. The van der Waals surface area contributed by atoms with E-state index in [1.54, 1.807) is 0 Å². The van der Waals surface area contributed by atoms with Crippen LogP contribution in [0.1, 0.15) is 57.2 Å². The first kappa shape index (κ1) is 29.0. The number of carbonyl (C=O) groups is 1. The number of carbonyl (C=O) groups excluding carboxylic acids is 1. The molecule has 1 heterocycles. The number of nitrogens with zero attached hydrogens (tertiary/aromatic N) is 4. The van der Waals surface area contributed by atoms with Crippen LogP contribution in [-0.2, 0) is 22.5 Å². The highest BCUT2D eigenvalue weighted by atomic mass is 16.5. The first-order chi connectivity index (χ1) is 18.2. The van der Waals surface area contributed by atoms with Crippen LogP contribution in [0.25, 0.3) is 10.4 Å². The molecule has 1 amide bonds. The number of rotatable bonds is 13. The van der Waals surface area contributed by atoms with Crippen molar-refractivity contribution in [3.05, 3.63) is 75.7 Å². The van der Waals surface area contributed by atoms with Crippen molar-refractivity contribution in [2.45, 2.75) is 65.1 Å². The van der Waals surface area contributed by atoms with Crippen molar-refractivity contribution >= 4 is 11.8 Å². The van der Waals surface area contributed by atoms with E-state index in [1.807, 2.05) is 55.5 Å². The number of aliphatic hydroxyl groups excluding tert-OH is 1. The van der Waals surface area contributed by atoms with Gasteiger partial charge in [0.2, 0.25) is 5.90 Å². The molecule has 3 rings (SSSR count). The monoisotopic (exact) mass is 522 g/mol. The predicted molar refractivity (Wildman–Crippen MR) is 147 cm³/mol. The molecule has 0 saturated carbocycles. The van der Waals surface area contributed by atoms with Crippen molar-refractivity contribution in [1.82, 2.24) is 10.9 Å². The Hall–Kier alpha value is -3.59. The summed E-state index contributed by atoms with van der Waals surface area (Å²) in [5.41, 5.74) is 16.0. The third-order valence-electron chi connectivity index (χ3n) is 6.41. The molecule has 10 nitrogen and oxygen atoms in total. The first-order valence-electron chi connectivity index (χ1n) is 12.9. The average Bonchev–Trinajstić information content (AvgIpc) is 3.22. The van der Waals surface area contributed by atoms with Gasteiger partial charge in [0.1, 0.15) is 11.9 Å². The second kappa shape index (κ2) is 13.3. The van der Waals surface area contributed by atoms with E-state index in [0.717, 1.165) is 23.1 Å². The molecule has 0 spiro atoms. The molecule has 3 N–H and O–H groups in total. The Morgan fingerprint density at radius 1 is 1.21 bits per heavy atom. The van der Waals surface area contributed by atoms with E-state index in [4.69, 9.17) is 25.1 Å². The van der Waals surface area contributed by atoms with Gasteiger partial charge >= 0.3 is 0 Å². The highest BCUT2D eigenvalue weighted by molar-refractivity contribution is 6.00. The van der Waals surface area contributed by atoms with Crippen LogP contribution in [0, 0.1) is 5.41 Å². The molecule has 0 radical (unpaired) electrons. The molecule has 0 bridgehead atoms. The Labute approximate surface area is 224 Å². The van der Waals surface area contributed by atoms with Gasteiger partial charge in [-0.2, -0.15) is 0 Å². The van der Waals surface area contributed by atoms with Crippen molar-refractivity contribution in [1.29, 1.82) is 0 Å². The van der Waals surface area contributed by atoms with Crippen molar-refractivity contribution in [2.24, 2.45) is 15.5 Å². The number of hydrogen-bond donors (Lipinski definition) is 3. The van der Waals surface area contributed by atoms with E-state index < -0.39 is 11.6 Å². The molecule has 0 saturated heterocycles. The van der Waals surface area contributed by atoms with Gasteiger partial charge < -0.3 is 14.6 Å². The lowest BCUT2D eigenvalue weighted by Crippen LogP contribution is -2.56. The van der Waals surface area contributed by atoms with Gasteiger partial charge in [-0.3, -0.25) is 10.2 Å². The van der Waals surface area contributed by atoms with Crippen molar-refractivity contribution in [2.75, 3.05) is 19.8 Å². The molecule has 2 aromatic carbocycles. The van der Waals surface area contributed by atoms with Crippen LogP contribution >= 0.6 is 0 Å². The van der Waals surface area contributed by atoms with Crippen LogP contribution in [0.5, 0.6) is 5.75 Å². The largest absolute Gasteiger partial charge is 0.494 e. The summed E-state index contributed by atoms with van der Waals surface area (Å²) < 4.78 is 11.8. The molecule has 0 aliphatic carbocycles. The average molecular weight is 523 g/mol. The van der Waals surface area contributed by atoms with Crippen molar-refractivity contribution < 1.29 is 19.4 Å². The Balaban J connectivity index is 1.90. The molecule has 2 atom stereocenters. The normalized spacial score (nSPS) is 18.8. The molecule has 2 aromatic rings. The van der Waals surface area contributed by atoms with Gasteiger partial charge in [0, 0.05) is 36.5 Å². The summed E-state index contributed by atoms with van der Waals surface area (Å²) in [6.45, 7) is 9.56. The number of azide groups is 1. The molecule has 10 heteroatoms. The molecule has 204 valence electrons. The lowest BCUT2D eigenvalue weighted by molar-refractivity contribution is -0.129. The smallest absolute Gasteiger partial charge is 0.266 e. The van der Waals surface area contributed by atoms with Gasteiger partial charge in [0.25, 0.3) is 5.91 Å². The summed E-state index contributed by atoms with van der Waals surface area (Å²) in [4.78, 5) is 21.5. The Bertz CT molecular complexity index is 1150. The van der Waals surface area contributed by atoms with Gasteiger partial charge in [0.15, 0.2) is 5.54 Å². The Morgan fingerprint density at radius 2 is 1.92 bits per heavy atom. The Kier molecular flexibility index (Phi) is 10.1. The minimum Gasteiger partial charge on any atom is -0.494 e. The molecule has 0 fully saturated rings. The molecule has 0 unspecified atom stereocenters. The van der Waals surface area contributed by atoms with Crippen LogP contribution in [0.4, 0.5) is 0 Å².